The molecule has 98 valence electrons. The van der Waals surface area contributed by atoms with Gasteiger partial charge in [0.25, 0.3) is 0 Å². The lowest BCUT2D eigenvalue weighted by molar-refractivity contribution is -0.0367. The monoisotopic (exact) mass is 344 g/mol. The lowest BCUT2D eigenvalue weighted by atomic mass is 10.2. The third-order valence-electron chi connectivity index (χ3n) is 2.10. The van der Waals surface area contributed by atoms with Gasteiger partial charge in [-0.2, -0.15) is 4.31 Å². The maximum Gasteiger partial charge on any atom is 0.195 e. The van der Waals surface area contributed by atoms with Crippen LogP contribution in [0.3, 0.4) is 0 Å². The van der Waals surface area contributed by atoms with Crippen molar-refractivity contribution in [2.24, 2.45) is 0 Å². The highest BCUT2D eigenvalue weighted by molar-refractivity contribution is 9.11. The standard InChI is InChI=1S/C8H13BrN2O4S2/c1-11(17(15)10-14)8(13)6(12)4-5-2-3-7(9)16-5/h2-3,6,8,10,12-14H,4H2,1H3. The van der Waals surface area contributed by atoms with E-state index in [1.807, 2.05) is 12.1 Å². The number of hydrogen-bond acceptors (Lipinski definition) is 5. The Hall–Kier alpha value is 0.130. The van der Waals surface area contributed by atoms with Gasteiger partial charge in [-0.05, 0) is 28.1 Å². The summed E-state index contributed by atoms with van der Waals surface area (Å²) in [4.78, 5) is 2.38. The Balaban J connectivity index is 2.57. The molecule has 0 bridgehead atoms. The minimum Gasteiger partial charge on any atom is -0.389 e. The summed E-state index contributed by atoms with van der Waals surface area (Å²) in [5, 5.41) is 27.9. The molecule has 4 N–H and O–H groups in total. The van der Waals surface area contributed by atoms with Crippen molar-refractivity contribution in [1.29, 1.82) is 0 Å². The molecule has 1 aromatic rings. The van der Waals surface area contributed by atoms with Crippen LogP contribution in [-0.4, -0.2) is 43.3 Å². The fraction of sp³-hybridized carbons (Fsp3) is 0.500. The van der Waals surface area contributed by atoms with Gasteiger partial charge in [-0.25, -0.2) is 4.21 Å². The highest BCUT2D eigenvalue weighted by atomic mass is 79.9. The van der Waals surface area contributed by atoms with Crippen molar-refractivity contribution in [2.45, 2.75) is 18.8 Å². The molecule has 0 spiro atoms. The van der Waals surface area contributed by atoms with Crippen LogP contribution >= 0.6 is 27.3 Å². The number of thiophene rings is 1. The lowest BCUT2D eigenvalue weighted by Crippen LogP contribution is -2.45. The third-order valence-corrected chi connectivity index (χ3v) is 4.64. The van der Waals surface area contributed by atoms with Crippen molar-refractivity contribution >= 4 is 38.4 Å². The second-order valence-corrected chi connectivity index (χ2v) is 7.08. The molecule has 1 heterocycles. The van der Waals surface area contributed by atoms with Gasteiger partial charge in [0.2, 0.25) is 0 Å². The molecule has 0 aliphatic carbocycles. The van der Waals surface area contributed by atoms with Crippen molar-refractivity contribution in [1.82, 2.24) is 9.19 Å². The van der Waals surface area contributed by atoms with Gasteiger partial charge in [-0.3, -0.25) is 0 Å². The van der Waals surface area contributed by atoms with Crippen molar-refractivity contribution < 1.29 is 19.6 Å². The number of rotatable bonds is 6. The number of hydrogen-bond donors (Lipinski definition) is 4. The molecule has 0 fully saturated rings. The van der Waals surface area contributed by atoms with Gasteiger partial charge in [0, 0.05) is 18.3 Å². The summed E-state index contributed by atoms with van der Waals surface area (Å²) in [6.07, 6.45) is -2.19. The van der Waals surface area contributed by atoms with Crippen LogP contribution in [-0.2, 0) is 17.6 Å². The maximum absolute atomic E-state index is 11.1. The third kappa shape index (κ3) is 4.38. The van der Waals surface area contributed by atoms with Crippen LogP contribution in [0.2, 0.25) is 0 Å². The number of nitrogens with one attached hydrogen (secondary N) is 1. The number of likely N-dealkylation sites (N-methyl/N-ethyl adjacent to an activating group) is 1. The molecule has 0 aromatic carbocycles. The van der Waals surface area contributed by atoms with Crippen LogP contribution in [0.5, 0.6) is 0 Å². The normalized spacial score (nSPS) is 17.1. The van der Waals surface area contributed by atoms with Crippen molar-refractivity contribution in [2.75, 3.05) is 7.05 Å². The van der Waals surface area contributed by atoms with E-state index in [0.29, 0.717) is 0 Å². The average molecular weight is 345 g/mol. The quantitative estimate of drug-likeness (QED) is 0.438. The minimum atomic E-state index is -1.95. The summed E-state index contributed by atoms with van der Waals surface area (Å²) in [6.45, 7) is 0. The Kier molecular flexibility index (Phi) is 6.17. The molecule has 1 rings (SSSR count). The molecule has 0 aliphatic heterocycles. The van der Waals surface area contributed by atoms with Gasteiger partial charge in [0.1, 0.15) is 6.23 Å². The van der Waals surface area contributed by atoms with Crippen LogP contribution in [0, 0.1) is 0 Å². The van der Waals surface area contributed by atoms with Gasteiger partial charge in [-0.1, -0.05) is 0 Å². The van der Waals surface area contributed by atoms with E-state index < -0.39 is 23.5 Å². The second kappa shape index (κ2) is 6.90. The molecule has 0 aliphatic rings. The number of halogens is 1. The first kappa shape index (κ1) is 15.2. The molecule has 0 radical (unpaired) electrons. The summed E-state index contributed by atoms with van der Waals surface area (Å²) in [5.41, 5.74) is 0. The van der Waals surface area contributed by atoms with E-state index in [1.165, 1.54) is 23.3 Å². The predicted molar refractivity (Wildman–Crippen MR) is 68.6 cm³/mol. The van der Waals surface area contributed by atoms with E-state index in [4.69, 9.17) is 5.21 Å². The van der Waals surface area contributed by atoms with Crippen molar-refractivity contribution in [3.05, 3.63) is 20.8 Å². The Morgan fingerprint density at radius 2 is 2.24 bits per heavy atom. The molecular formula is C8H13BrN2O4S2. The highest BCUT2D eigenvalue weighted by Crippen LogP contribution is 2.23. The van der Waals surface area contributed by atoms with E-state index >= 15 is 0 Å². The molecule has 17 heavy (non-hydrogen) atoms. The molecule has 6 nitrogen and oxygen atoms in total. The number of nitrogens with zero attached hydrogens (tertiary/aromatic N) is 1. The topological polar surface area (TPSA) is 93.0 Å². The zero-order chi connectivity index (χ0) is 13.0. The van der Waals surface area contributed by atoms with E-state index in [-0.39, 0.29) is 6.42 Å². The van der Waals surface area contributed by atoms with Gasteiger partial charge in [0.15, 0.2) is 11.2 Å². The minimum absolute atomic E-state index is 0.240. The van der Waals surface area contributed by atoms with Gasteiger partial charge in [-0.15, -0.1) is 16.2 Å². The van der Waals surface area contributed by atoms with Gasteiger partial charge >= 0.3 is 0 Å². The zero-order valence-corrected chi connectivity index (χ0v) is 12.1. The van der Waals surface area contributed by atoms with Crippen molar-refractivity contribution in [3.63, 3.8) is 0 Å². The van der Waals surface area contributed by atoms with Crippen molar-refractivity contribution in [3.8, 4) is 0 Å². The molecule has 0 saturated carbocycles. The van der Waals surface area contributed by atoms with Gasteiger partial charge < -0.3 is 15.4 Å². The summed E-state index contributed by atoms with van der Waals surface area (Å²) in [6, 6.07) is 3.67. The first-order valence-electron chi connectivity index (χ1n) is 4.60. The fourth-order valence-corrected chi connectivity index (χ4v) is 3.18. The van der Waals surface area contributed by atoms with Crippen LogP contribution in [0.15, 0.2) is 15.9 Å². The molecule has 0 amide bonds. The SMILES string of the molecule is CN(C(O)C(O)Cc1ccc(Br)s1)S(=O)NO. The Morgan fingerprint density at radius 3 is 2.71 bits per heavy atom. The molecule has 3 unspecified atom stereocenters. The smallest absolute Gasteiger partial charge is 0.195 e. The van der Waals surface area contributed by atoms with E-state index in [9.17, 15) is 14.4 Å². The van der Waals surface area contributed by atoms with E-state index in [1.54, 1.807) is 0 Å². The predicted octanol–water partition coefficient (Wildman–Crippen LogP) is 0.222. The average Bonchev–Trinajstić information content (AvgIpc) is 2.71. The molecular weight excluding hydrogens is 332 g/mol. The lowest BCUT2D eigenvalue weighted by Gasteiger charge is -2.24. The second-order valence-electron chi connectivity index (χ2n) is 3.28. The van der Waals surface area contributed by atoms with Crippen LogP contribution < -0.4 is 4.89 Å². The summed E-state index contributed by atoms with van der Waals surface area (Å²) >= 11 is 2.79. The summed E-state index contributed by atoms with van der Waals surface area (Å²) < 4.78 is 13.0. The van der Waals surface area contributed by atoms with Crippen LogP contribution in [0.4, 0.5) is 0 Å². The Morgan fingerprint density at radius 1 is 1.59 bits per heavy atom. The fourth-order valence-electron chi connectivity index (χ4n) is 1.18. The molecule has 0 saturated heterocycles. The maximum atomic E-state index is 11.1. The van der Waals surface area contributed by atoms with E-state index in [0.717, 1.165) is 13.0 Å². The summed E-state index contributed by atoms with van der Waals surface area (Å²) in [7, 11) is 1.32. The largest absolute Gasteiger partial charge is 0.389 e. The highest BCUT2D eigenvalue weighted by Gasteiger charge is 2.25. The van der Waals surface area contributed by atoms with Gasteiger partial charge in [0.05, 0.1) is 9.89 Å². The first-order chi connectivity index (χ1) is 7.95. The Bertz CT molecular complexity index is 389. The van der Waals surface area contributed by atoms with Crippen LogP contribution in [0.25, 0.3) is 0 Å². The number of aliphatic hydroxyl groups is 2. The van der Waals surface area contributed by atoms with Crippen LogP contribution in [0.1, 0.15) is 4.88 Å². The van der Waals surface area contributed by atoms with E-state index in [2.05, 4.69) is 15.9 Å². The zero-order valence-electron chi connectivity index (χ0n) is 8.91. The Labute approximate surface area is 114 Å². The molecule has 9 heteroatoms. The number of aliphatic hydroxyl groups excluding tert-OH is 2. The summed E-state index contributed by atoms with van der Waals surface area (Å²) in [5.74, 6) is 0. The first-order valence-corrected chi connectivity index (χ1v) is 7.32. The molecule has 3 atom stereocenters. The molecule has 1 aromatic heterocycles.